The second kappa shape index (κ2) is 3.08. The maximum absolute atomic E-state index is 5.63. The molecule has 3 heteroatoms. The van der Waals surface area contributed by atoms with Crippen LogP contribution in [-0.2, 0) is 0 Å². The topological polar surface area (TPSA) is 9.23 Å². The van der Waals surface area contributed by atoms with Gasteiger partial charge < -0.3 is 4.74 Å². The molecule has 0 fully saturated rings. The molecule has 0 aliphatic heterocycles. The largest absolute Gasteiger partial charge is 0.493 e. The zero-order valence-corrected chi connectivity index (χ0v) is 6.63. The van der Waals surface area contributed by atoms with Crippen molar-refractivity contribution in [3.05, 3.63) is 15.8 Å². The molecule has 1 rings (SSSR count). The van der Waals surface area contributed by atoms with E-state index in [9.17, 15) is 0 Å². The molecule has 0 spiro atoms. The molecule has 0 aromatic carbocycles. The second-order valence-electron chi connectivity index (χ2n) is 1.52. The lowest BCUT2D eigenvalue weighted by Gasteiger charge is -1.94. The van der Waals surface area contributed by atoms with E-state index >= 15 is 0 Å². The fourth-order valence-corrected chi connectivity index (χ4v) is 1.33. The zero-order chi connectivity index (χ0) is 6.69. The molecule has 0 atom stereocenters. The lowest BCUT2D eigenvalue weighted by atomic mass is 10.6. The van der Waals surface area contributed by atoms with E-state index in [1.165, 1.54) is 11.3 Å². The van der Waals surface area contributed by atoms with Crippen molar-refractivity contribution >= 4 is 22.9 Å². The first kappa shape index (κ1) is 6.90. The summed E-state index contributed by atoms with van der Waals surface area (Å²) >= 11 is 7.12. The summed E-state index contributed by atoms with van der Waals surface area (Å²) in [4.78, 5) is 0. The highest BCUT2D eigenvalue weighted by atomic mass is 35.5. The van der Waals surface area contributed by atoms with Gasteiger partial charge in [-0.2, -0.15) is 0 Å². The third-order valence-electron chi connectivity index (χ3n) is 0.854. The maximum atomic E-state index is 5.63. The van der Waals surface area contributed by atoms with Crippen molar-refractivity contribution in [1.82, 2.24) is 0 Å². The molecule has 1 aromatic heterocycles. The molecule has 0 amide bonds. The molecule has 1 nitrogen and oxygen atoms in total. The minimum atomic E-state index is 0.701. The van der Waals surface area contributed by atoms with Crippen molar-refractivity contribution in [2.45, 2.75) is 6.92 Å². The molecule has 9 heavy (non-hydrogen) atoms. The van der Waals surface area contributed by atoms with Gasteiger partial charge in [0.25, 0.3) is 0 Å². The molecule has 1 heterocycles. The van der Waals surface area contributed by atoms with Crippen molar-refractivity contribution < 1.29 is 4.74 Å². The van der Waals surface area contributed by atoms with Crippen LogP contribution in [0.4, 0.5) is 0 Å². The van der Waals surface area contributed by atoms with Crippen LogP contribution in [0.2, 0.25) is 4.34 Å². The molecule has 0 saturated heterocycles. The Bertz CT molecular complexity index is 185. The van der Waals surface area contributed by atoms with Gasteiger partial charge >= 0.3 is 0 Å². The highest BCUT2D eigenvalue weighted by Gasteiger charge is 1.94. The van der Waals surface area contributed by atoms with E-state index in [-0.39, 0.29) is 0 Å². The van der Waals surface area contributed by atoms with Crippen LogP contribution in [-0.4, -0.2) is 6.61 Å². The van der Waals surface area contributed by atoms with Crippen molar-refractivity contribution in [3.8, 4) is 5.75 Å². The summed E-state index contributed by atoms with van der Waals surface area (Å²) in [6.07, 6.45) is 0. The van der Waals surface area contributed by atoms with E-state index in [1.54, 1.807) is 0 Å². The molecule has 0 bridgehead atoms. The van der Waals surface area contributed by atoms with Crippen LogP contribution in [0.3, 0.4) is 0 Å². The van der Waals surface area contributed by atoms with Crippen LogP contribution in [0, 0.1) is 0 Å². The van der Waals surface area contributed by atoms with E-state index in [0.29, 0.717) is 6.61 Å². The Kier molecular flexibility index (Phi) is 2.37. The van der Waals surface area contributed by atoms with E-state index < -0.39 is 0 Å². The Morgan fingerprint density at radius 1 is 1.78 bits per heavy atom. The van der Waals surface area contributed by atoms with Crippen molar-refractivity contribution in [1.29, 1.82) is 0 Å². The number of hydrogen-bond donors (Lipinski definition) is 0. The maximum Gasteiger partial charge on any atom is 0.131 e. The predicted octanol–water partition coefficient (Wildman–Crippen LogP) is 2.80. The van der Waals surface area contributed by atoms with Gasteiger partial charge in [-0.15, -0.1) is 11.3 Å². The summed E-state index contributed by atoms with van der Waals surface area (Å²) in [6, 6.07) is 1.82. The van der Waals surface area contributed by atoms with E-state index in [4.69, 9.17) is 16.3 Å². The SMILES string of the molecule is CCOc1csc(Cl)c1. The molecule has 0 unspecified atom stereocenters. The quantitative estimate of drug-likeness (QED) is 0.650. The van der Waals surface area contributed by atoms with Gasteiger partial charge in [-0.1, -0.05) is 11.6 Å². The third-order valence-corrected chi connectivity index (χ3v) is 1.92. The summed E-state index contributed by atoms with van der Waals surface area (Å²) < 4.78 is 5.93. The lowest BCUT2D eigenvalue weighted by molar-refractivity contribution is 0.342. The first-order chi connectivity index (χ1) is 4.33. The van der Waals surface area contributed by atoms with Crippen LogP contribution >= 0.6 is 22.9 Å². The van der Waals surface area contributed by atoms with E-state index in [0.717, 1.165) is 10.1 Å². The fourth-order valence-electron chi connectivity index (χ4n) is 0.537. The highest BCUT2D eigenvalue weighted by molar-refractivity contribution is 7.14. The number of halogens is 1. The number of rotatable bonds is 2. The Balaban J connectivity index is 2.61. The molecule has 0 saturated carbocycles. The molecule has 0 radical (unpaired) electrons. The van der Waals surface area contributed by atoms with Crippen molar-refractivity contribution in [3.63, 3.8) is 0 Å². The zero-order valence-electron chi connectivity index (χ0n) is 5.06. The van der Waals surface area contributed by atoms with Gasteiger partial charge in [-0.3, -0.25) is 0 Å². The Hall–Kier alpha value is -0.210. The third kappa shape index (κ3) is 1.88. The second-order valence-corrected chi connectivity index (χ2v) is 3.06. The van der Waals surface area contributed by atoms with E-state index in [2.05, 4.69) is 0 Å². The minimum Gasteiger partial charge on any atom is -0.493 e. The average Bonchev–Trinajstić information content (AvgIpc) is 2.17. The van der Waals surface area contributed by atoms with Gasteiger partial charge in [-0.25, -0.2) is 0 Å². The molecule has 0 aliphatic rings. The molecule has 50 valence electrons. The van der Waals surface area contributed by atoms with Gasteiger partial charge in [0.05, 0.1) is 10.9 Å². The van der Waals surface area contributed by atoms with Crippen molar-refractivity contribution in [2.24, 2.45) is 0 Å². The summed E-state index contributed by atoms with van der Waals surface area (Å²) in [5, 5.41) is 1.89. The van der Waals surface area contributed by atoms with Crippen molar-refractivity contribution in [2.75, 3.05) is 6.61 Å². The predicted molar refractivity (Wildman–Crippen MR) is 40.5 cm³/mol. The average molecular weight is 163 g/mol. The van der Waals surface area contributed by atoms with Gasteiger partial charge in [0.1, 0.15) is 5.75 Å². The first-order valence-corrected chi connectivity index (χ1v) is 3.95. The van der Waals surface area contributed by atoms with Crippen LogP contribution in [0.5, 0.6) is 5.75 Å². The summed E-state index contributed by atoms with van der Waals surface area (Å²) in [5.41, 5.74) is 0. The molecular formula is C6H7ClOS. The van der Waals surface area contributed by atoms with Crippen LogP contribution in [0.25, 0.3) is 0 Å². The van der Waals surface area contributed by atoms with Gasteiger partial charge in [0.2, 0.25) is 0 Å². The normalized spacial score (nSPS) is 9.56. The number of ether oxygens (including phenoxy) is 1. The highest BCUT2D eigenvalue weighted by Crippen LogP contribution is 2.25. The number of hydrogen-bond acceptors (Lipinski definition) is 2. The number of thiophene rings is 1. The molecule has 1 aromatic rings. The van der Waals surface area contributed by atoms with Gasteiger partial charge in [0, 0.05) is 11.4 Å². The summed E-state index contributed by atoms with van der Waals surface area (Å²) in [5.74, 6) is 0.868. The smallest absolute Gasteiger partial charge is 0.131 e. The fraction of sp³-hybridized carbons (Fsp3) is 0.333. The molecule has 0 aliphatic carbocycles. The Morgan fingerprint density at radius 3 is 3.00 bits per heavy atom. The van der Waals surface area contributed by atoms with Gasteiger partial charge in [-0.05, 0) is 6.92 Å². The lowest BCUT2D eigenvalue weighted by Crippen LogP contribution is -1.87. The molecular weight excluding hydrogens is 156 g/mol. The van der Waals surface area contributed by atoms with E-state index in [1.807, 2.05) is 18.4 Å². The molecule has 0 N–H and O–H groups in total. The van der Waals surface area contributed by atoms with Crippen LogP contribution in [0.1, 0.15) is 6.92 Å². The monoisotopic (exact) mass is 162 g/mol. The Labute approximate surface area is 63.2 Å². The van der Waals surface area contributed by atoms with Crippen LogP contribution in [0.15, 0.2) is 11.4 Å². The summed E-state index contributed by atoms with van der Waals surface area (Å²) in [7, 11) is 0. The Morgan fingerprint density at radius 2 is 2.56 bits per heavy atom. The standard InChI is InChI=1S/C6H7ClOS/c1-2-8-5-3-6(7)9-4-5/h3-4H,2H2,1H3. The first-order valence-electron chi connectivity index (χ1n) is 2.69. The minimum absolute atomic E-state index is 0.701. The van der Waals surface area contributed by atoms with Gasteiger partial charge in [0.15, 0.2) is 0 Å². The summed E-state index contributed by atoms with van der Waals surface area (Å²) in [6.45, 7) is 2.65. The van der Waals surface area contributed by atoms with Crippen LogP contribution < -0.4 is 4.74 Å².